The minimum atomic E-state index is 0.622. The van der Waals surface area contributed by atoms with Crippen LogP contribution in [-0.4, -0.2) is 30.2 Å². The van der Waals surface area contributed by atoms with Crippen LogP contribution in [0.4, 0.5) is 0 Å². The zero-order valence-electron chi connectivity index (χ0n) is 8.05. The molecule has 6 heteroatoms. The van der Waals surface area contributed by atoms with Crippen LogP contribution in [0.3, 0.4) is 0 Å². The Kier molecular flexibility index (Phi) is 1.55. The standard InChI is InChI=1S/C9H8N6/c1-15-5-6(4-10-15)7-2-3-8-9(11-7)13-14-12-8/h2-5H,1H3,(H,11,12,13,14). The molecule has 3 rings (SSSR count). The average molecular weight is 200 g/mol. The average Bonchev–Trinajstić information content (AvgIpc) is 2.84. The summed E-state index contributed by atoms with van der Waals surface area (Å²) in [5.41, 5.74) is 3.21. The van der Waals surface area contributed by atoms with E-state index in [4.69, 9.17) is 0 Å². The molecule has 0 bridgehead atoms. The number of fused-ring (bicyclic) bond motifs is 1. The summed E-state index contributed by atoms with van der Waals surface area (Å²) in [7, 11) is 1.87. The monoisotopic (exact) mass is 200 g/mol. The van der Waals surface area contributed by atoms with Crippen molar-refractivity contribution in [3.05, 3.63) is 24.5 Å². The summed E-state index contributed by atoms with van der Waals surface area (Å²) in [6, 6.07) is 3.79. The molecule has 0 aliphatic heterocycles. The van der Waals surface area contributed by atoms with Gasteiger partial charge in [-0.1, -0.05) is 0 Å². The number of pyridine rings is 1. The van der Waals surface area contributed by atoms with E-state index < -0.39 is 0 Å². The van der Waals surface area contributed by atoms with E-state index in [1.54, 1.807) is 10.9 Å². The van der Waals surface area contributed by atoms with Crippen LogP contribution in [0.2, 0.25) is 0 Å². The first kappa shape index (κ1) is 8.10. The maximum absolute atomic E-state index is 4.36. The normalized spacial score (nSPS) is 11.0. The maximum atomic E-state index is 4.36. The van der Waals surface area contributed by atoms with Gasteiger partial charge in [0.2, 0.25) is 5.65 Å². The van der Waals surface area contributed by atoms with Crippen LogP contribution in [0.15, 0.2) is 24.5 Å². The highest BCUT2D eigenvalue weighted by Gasteiger charge is 2.05. The van der Waals surface area contributed by atoms with Crippen molar-refractivity contribution in [3.63, 3.8) is 0 Å². The Morgan fingerprint density at radius 2 is 2.20 bits per heavy atom. The lowest BCUT2D eigenvalue weighted by Gasteiger charge is -1.93. The van der Waals surface area contributed by atoms with Gasteiger partial charge in [-0.15, -0.1) is 5.10 Å². The predicted octanol–water partition coefficient (Wildman–Crippen LogP) is 0.753. The Bertz CT molecular complexity index is 608. The molecule has 0 spiro atoms. The smallest absolute Gasteiger partial charge is 0.202 e. The zero-order valence-corrected chi connectivity index (χ0v) is 8.05. The Hall–Kier alpha value is -2.24. The minimum Gasteiger partial charge on any atom is -0.275 e. The summed E-state index contributed by atoms with van der Waals surface area (Å²) in [4.78, 5) is 4.36. The molecule has 3 aromatic heterocycles. The number of nitrogens with one attached hydrogen (secondary N) is 1. The van der Waals surface area contributed by atoms with E-state index in [0.717, 1.165) is 16.8 Å². The lowest BCUT2D eigenvalue weighted by atomic mass is 10.2. The second kappa shape index (κ2) is 2.88. The molecule has 0 aliphatic rings. The number of aryl methyl sites for hydroxylation is 1. The molecule has 6 nitrogen and oxygen atoms in total. The van der Waals surface area contributed by atoms with Gasteiger partial charge in [-0.25, -0.2) is 4.98 Å². The quantitative estimate of drug-likeness (QED) is 0.629. The Morgan fingerprint density at radius 3 is 3.00 bits per heavy atom. The third kappa shape index (κ3) is 1.26. The van der Waals surface area contributed by atoms with E-state index >= 15 is 0 Å². The van der Waals surface area contributed by atoms with Crippen LogP contribution in [-0.2, 0) is 7.05 Å². The van der Waals surface area contributed by atoms with Crippen molar-refractivity contribution < 1.29 is 0 Å². The van der Waals surface area contributed by atoms with Crippen LogP contribution in [0, 0.1) is 0 Å². The maximum Gasteiger partial charge on any atom is 0.202 e. The van der Waals surface area contributed by atoms with Crippen molar-refractivity contribution in [3.8, 4) is 11.3 Å². The van der Waals surface area contributed by atoms with E-state index in [1.165, 1.54) is 0 Å². The first-order valence-corrected chi connectivity index (χ1v) is 4.49. The van der Waals surface area contributed by atoms with Crippen molar-refractivity contribution in [2.45, 2.75) is 0 Å². The Balaban J connectivity index is 2.18. The van der Waals surface area contributed by atoms with Crippen LogP contribution in [0.5, 0.6) is 0 Å². The van der Waals surface area contributed by atoms with Gasteiger partial charge in [0.05, 0.1) is 11.9 Å². The van der Waals surface area contributed by atoms with Gasteiger partial charge in [0, 0.05) is 18.8 Å². The van der Waals surface area contributed by atoms with Crippen LogP contribution in [0.1, 0.15) is 0 Å². The lowest BCUT2D eigenvalue weighted by molar-refractivity contribution is 0.768. The molecule has 3 heterocycles. The van der Waals surface area contributed by atoms with E-state index in [0.29, 0.717) is 5.65 Å². The summed E-state index contributed by atoms with van der Waals surface area (Å²) in [6.07, 6.45) is 3.68. The fourth-order valence-electron chi connectivity index (χ4n) is 1.45. The van der Waals surface area contributed by atoms with E-state index in [-0.39, 0.29) is 0 Å². The third-order valence-corrected chi connectivity index (χ3v) is 2.18. The van der Waals surface area contributed by atoms with Crippen LogP contribution < -0.4 is 0 Å². The number of hydrogen-bond acceptors (Lipinski definition) is 4. The molecule has 0 aliphatic carbocycles. The predicted molar refractivity (Wildman–Crippen MR) is 53.9 cm³/mol. The van der Waals surface area contributed by atoms with Crippen LogP contribution in [0.25, 0.3) is 22.4 Å². The summed E-state index contributed by atoms with van der Waals surface area (Å²) >= 11 is 0. The molecule has 0 amide bonds. The van der Waals surface area contributed by atoms with Crippen molar-refractivity contribution in [2.24, 2.45) is 7.05 Å². The van der Waals surface area contributed by atoms with Gasteiger partial charge in [0.1, 0.15) is 5.52 Å². The first-order valence-electron chi connectivity index (χ1n) is 4.49. The lowest BCUT2D eigenvalue weighted by Crippen LogP contribution is -1.85. The first-order chi connectivity index (χ1) is 7.33. The number of nitrogens with zero attached hydrogens (tertiary/aromatic N) is 5. The molecule has 0 radical (unpaired) electrons. The molecule has 0 saturated carbocycles. The topological polar surface area (TPSA) is 72.3 Å². The molecule has 74 valence electrons. The molecule has 0 aromatic carbocycles. The van der Waals surface area contributed by atoms with Gasteiger partial charge in [-0.05, 0) is 12.1 Å². The molecule has 0 atom stereocenters. The molecule has 0 fully saturated rings. The molecular formula is C9H8N6. The molecular weight excluding hydrogens is 192 g/mol. The van der Waals surface area contributed by atoms with E-state index in [2.05, 4.69) is 25.5 Å². The highest BCUT2D eigenvalue weighted by molar-refractivity contribution is 5.73. The van der Waals surface area contributed by atoms with Gasteiger partial charge < -0.3 is 0 Å². The van der Waals surface area contributed by atoms with Crippen molar-refractivity contribution in [1.29, 1.82) is 0 Å². The number of aromatic nitrogens is 6. The molecule has 0 unspecified atom stereocenters. The van der Waals surface area contributed by atoms with Gasteiger partial charge in [-0.3, -0.25) is 4.68 Å². The number of rotatable bonds is 1. The SMILES string of the molecule is Cn1cc(-c2ccc3n[nH]nc3n2)cn1. The largest absolute Gasteiger partial charge is 0.275 e. The highest BCUT2D eigenvalue weighted by Crippen LogP contribution is 2.17. The van der Waals surface area contributed by atoms with Gasteiger partial charge in [0.15, 0.2) is 0 Å². The summed E-state index contributed by atoms with van der Waals surface area (Å²) < 4.78 is 1.74. The summed E-state index contributed by atoms with van der Waals surface area (Å²) in [5, 5.41) is 14.5. The van der Waals surface area contributed by atoms with Gasteiger partial charge in [0.25, 0.3) is 0 Å². The molecule has 1 N–H and O–H groups in total. The minimum absolute atomic E-state index is 0.622. The Labute approximate surface area is 84.9 Å². The second-order valence-electron chi connectivity index (χ2n) is 3.27. The van der Waals surface area contributed by atoms with E-state index in [1.807, 2.05) is 25.4 Å². The van der Waals surface area contributed by atoms with Crippen LogP contribution >= 0.6 is 0 Å². The summed E-state index contributed by atoms with van der Waals surface area (Å²) in [5.74, 6) is 0. The second-order valence-corrected chi connectivity index (χ2v) is 3.27. The number of hydrogen-bond donors (Lipinski definition) is 1. The zero-order chi connectivity index (χ0) is 10.3. The Morgan fingerprint density at radius 1 is 1.27 bits per heavy atom. The fraction of sp³-hybridized carbons (Fsp3) is 0.111. The van der Waals surface area contributed by atoms with Crippen molar-refractivity contribution in [1.82, 2.24) is 30.2 Å². The van der Waals surface area contributed by atoms with E-state index in [9.17, 15) is 0 Å². The summed E-state index contributed by atoms with van der Waals surface area (Å²) in [6.45, 7) is 0. The van der Waals surface area contributed by atoms with Crippen molar-refractivity contribution >= 4 is 11.2 Å². The van der Waals surface area contributed by atoms with Crippen molar-refractivity contribution in [2.75, 3.05) is 0 Å². The van der Waals surface area contributed by atoms with Gasteiger partial charge in [-0.2, -0.15) is 15.4 Å². The molecule has 15 heavy (non-hydrogen) atoms. The molecule has 0 saturated heterocycles. The number of H-pyrrole nitrogens is 1. The molecule has 3 aromatic rings. The van der Waals surface area contributed by atoms with Gasteiger partial charge >= 0.3 is 0 Å². The third-order valence-electron chi connectivity index (χ3n) is 2.18. The number of aromatic amines is 1. The highest BCUT2D eigenvalue weighted by atomic mass is 15.3. The fourth-order valence-corrected chi connectivity index (χ4v) is 1.45.